The van der Waals surface area contributed by atoms with Crippen LogP contribution in [0.2, 0.25) is 5.15 Å². The van der Waals surface area contributed by atoms with E-state index in [9.17, 15) is 4.79 Å². The van der Waals surface area contributed by atoms with Gasteiger partial charge in [-0.2, -0.15) is 5.10 Å². The number of anilines is 1. The second kappa shape index (κ2) is 6.24. The number of halogens is 1. The number of morpholine rings is 1. The Morgan fingerprint density at radius 1 is 1.24 bits per heavy atom. The van der Waals surface area contributed by atoms with Crippen LogP contribution in [0.5, 0.6) is 0 Å². The van der Waals surface area contributed by atoms with Crippen LogP contribution in [0.3, 0.4) is 0 Å². The fourth-order valence-electron chi connectivity index (χ4n) is 2.21. The molecule has 0 N–H and O–H groups in total. The van der Waals surface area contributed by atoms with E-state index in [1.807, 2.05) is 6.07 Å². The Hall–Kier alpha value is -1.92. The van der Waals surface area contributed by atoms with Crippen LogP contribution >= 0.6 is 11.6 Å². The summed E-state index contributed by atoms with van der Waals surface area (Å²) in [5.41, 5.74) is 1.59. The maximum atomic E-state index is 12.2. The molecule has 6 nitrogen and oxygen atoms in total. The topological polar surface area (TPSA) is 60.3 Å². The largest absolute Gasteiger partial charge is 0.378 e. The van der Waals surface area contributed by atoms with Crippen LogP contribution in [0.1, 0.15) is 5.56 Å². The lowest BCUT2D eigenvalue weighted by atomic mass is 10.3. The predicted molar refractivity (Wildman–Crippen MR) is 79.9 cm³/mol. The molecule has 1 aliphatic heterocycles. The Labute approximate surface area is 126 Å². The summed E-state index contributed by atoms with van der Waals surface area (Å²) in [5.74, 6) is 0. The fraction of sp³-hybridized carbons (Fsp3) is 0.357. The van der Waals surface area contributed by atoms with Crippen LogP contribution in [-0.4, -0.2) is 41.1 Å². The second-order valence-electron chi connectivity index (χ2n) is 4.80. The SMILES string of the molecule is O=c1cc(N2CCOCC2)cnn1Cc1ccc(Cl)nc1. The smallest absolute Gasteiger partial charge is 0.269 e. The first kappa shape index (κ1) is 14.0. The molecular formula is C14H15ClN4O2. The molecule has 3 rings (SSSR count). The zero-order valence-electron chi connectivity index (χ0n) is 11.4. The number of pyridine rings is 1. The van der Waals surface area contributed by atoms with E-state index in [1.165, 1.54) is 4.68 Å². The quantitative estimate of drug-likeness (QED) is 0.797. The molecule has 1 aliphatic rings. The zero-order valence-corrected chi connectivity index (χ0v) is 12.2. The van der Waals surface area contributed by atoms with E-state index < -0.39 is 0 Å². The molecule has 0 bridgehead atoms. The third-order valence-electron chi connectivity index (χ3n) is 3.35. The van der Waals surface area contributed by atoms with E-state index in [1.54, 1.807) is 24.5 Å². The molecule has 2 aromatic rings. The highest BCUT2D eigenvalue weighted by Gasteiger charge is 2.12. The molecule has 0 saturated carbocycles. The number of aromatic nitrogens is 3. The molecule has 0 radical (unpaired) electrons. The van der Waals surface area contributed by atoms with E-state index in [2.05, 4.69) is 15.0 Å². The summed E-state index contributed by atoms with van der Waals surface area (Å²) in [5, 5.41) is 4.66. The van der Waals surface area contributed by atoms with Gasteiger partial charge in [-0.15, -0.1) is 0 Å². The molecular weight excluding hydrogens is 292 g/mol. The minimum absolute atomic E-state index is 0.131. The van der Waals surface area contributed by atoms with Crippen molar-refractivity contribution in [3.8, 4) is 0 Å². The first-order chi connectivity index (χ1) is 10.2. The molecule has 1 fully saturated rings. The Kier molecular flexibility index (Phi) is 4.17. The summed E-state index contributed by atoms with van der Waals surface area (Å²) in [4.78, 5) is 18.2. The molecule has 0 atom stereocenters. The third kappa shape index (κ3) is 3.40. The number of ether oxygens (including phenoxy) is 1. The van der Waals surface area contributed by atoms with Gasteiger partial charge in [0.2, 0.25) is 0 Å². The van der Waals surface area contributed by atoms with Crippen LogP contribution in [0.4, 0.5) is 5.69 Å². The van der Waals surface area contributed by atoms with Crippen LogP contribution in [0, 0.1) is 0 Å². The number of nitrogens with zero attached hydrogens (tertiary/aromatic N) is 4. The van der Waals surface area contributed by atoms with Gasteiger partial charge >= 0.3 is 0 Å². The lowest BCUT2D eigenvalue weighted by Crippen LogP contribution is -2.37. The number of hydrogen-bond donors (Lipinski definition) is 0. The zero-order chi connectivity index (χ0) is 14.7. The second-order valence-corrected chi connectivity index (χ2v) is 5.19. The van der Waals surface area contributed by atoms with E-state index in [-0.39, 0.29) is 5.56 Å². The van der Waals surface area contributed by atoms with E-state index in [0.29, 0.717) is 24.9 Å². The average molecular weight is 307 g/mol. The van der Waals surface area contributed by atoms with Crippen molar-refractivity contribution in [2.24, 2.45) is 0 Å². The van der Waals surface area contributed by atoms with Crippen molar-refractivity contribution < 1.29 is 4.74 Å². The number of hydrogen-bond acceptors (Lipinski definition) is 5. The van der Waals surface area contributed by atoms with Gasteiger partial charge in [-0.05, 0) is 11.6 Å². The lowest BCUT2D eigenvalue weighted by molar-refractivity contribution is 0.122. The van der Waals surface area contributed by atoms with Crippen molar-refractivity contribution >= 4 is 17.3 Å². The Morgan fingerprint density at radius 3 is 2.71 bits per heavy atom. The highest BCUT2D eigenvalue weighted by molar-refractivity contribution is 6.29. The summed E-state index contributed by atoms with van der Waals surface area (Å²) in [6, 6.07) is 5.14. The highest BCUT2D eigenvalue weighted by Crippen LogP contribution is 2.12. The Balaban J connectivity index is 1.77. The highest BCUT2D eigenvalue weighted by atomic mass is 35.5. The molecule has 7 heteroatoms. The minimum atomic E-state index is -0.131. The van der Waals surface area contributed by atoms with Crippen LogP contribution in [0.15, 0.2) is 35.4 Å². The van der Waals surface area contributed by atoms with E-state index >= 15 is 0 Å². The number of rotatable bonds is 3. The van der Waals surface area contributed by atoms with Crippen LogP contribution < -0.4 is 10.5 Å². The normalized spacial score (nSPS) is 15.2. The van der Waals surface area contributed by atoms with Gasteiger partial charge in [-0.3, -0.25) is 4.79 Å². The standard InChI is InChI=1S/C14H15ClN4O2/c15-13-2-1-11(8-16-13)10-19-14(20)7-12(9-17-19)18-3-5-21-6-4-18/h1-2,7-9H,3-6,10H2. The summed E-state index contributed by atoms with van der Waals surface area (Å²) in [6.45, 7) is 3.31. The summed E-state index contributed by atoms with van der Waals surface area (Å²) in [6.07, 6.45) is 3.36. The lowest BCUT2D eigenvalue weighted by Gasteiger charge is -2.28. The third-order valence-corrected chi connectivity index (χ3v) is 3.58. The minimum Gasteiger partial charge on any atom is -0.378 e. The Morgan fingerprint density at radius 2 is 2.05 bits per heavy atom. The Bertz CT molecular complexity index is 665. The molecule has 2 aromatic heterocycles. The first-order valence-corrected chi connectivity index (χ1v) is 7.10. The molecule has 0 aromatic carbocycles. The summed E-state index contributed by atoms with van der Waals surface area (Å²) in [7, 11) is 0. The monoisotopic (exact) mass is 306 g/mol. The molecule has 21 heavy (non-hydrogen) atoms. The fourth-order valence-corrected chi connectivity index (χ4v) is 2.32. The van der Waals surface area contributed by atoms with Gasteiger partial charge in [-0.25, -0.2) is 9.67 Å². The summed E-state index contributed by atoms with van der Waals surface area (Å²) >= 11 is 5.74. The molecule has 0 spiro atoms. The first-order valence-electron chi connectivity index (χ1n) is 6.73. The van der Waals surface area contributed by atoms with Crippen molar-refractivity contribution in [3.05, 3.63) is 51.7 Å². The molecule has 0 amide bonds. The molecule has 3 heterocycles. The predicted octanol–water partition coefficient (Wildman–Crippen LogP) is 1.18. The van der Waals surface area contributed by atoms with Gasteiger partial charge in [0.15, 0.2) is 0 Å². The average Bonchev–Trinajstić information content (AvgIpc) is 2.52. The van der Waals surface area contributed by atoms with Crippen LogP contribution in [-0.2, 0) is 11.3 Å². The maximum Gasteiger partial charge on any atom is 0.269 e. The van der Waals surface area contributed by atoms with Crippen molar-refractivity contribution in [1.82, 2.24) is 14.8 Å². The van der Waals surface area contributed by atoms with Gasteiger partial charge in [0, 0.05) is 25.4 Å². The van der Waals surface area contributed by atoms with Crippen molar-refractivity contribution in [2.45, 2.75) is 6.54 Å². The molecule has 110 valence electrons. The van der Waals surface area contributed by atoms with Gasteiger partial charge in [0.05, 0.1) is 31.6 Å². The van der Waals surface area contributed by atoms with Gasteiger partial charge in [0.1, 0.15) is 5.15 Å². The molecule has 0 aliphatic carbocycles. The summed E-state index contributed by atoms with van der Waals surface area (Å²) < 4.78 is 6.71. The van der Waals surface area contributed by atoms with Crippen LogP contribution in [0.25, 0.3) is 0 Å². The van der Waals surface area contributed by atoms with Crippen molar-refractivity contribution in [1.29, 1.82) is 0 Å². The van der Waals surface area contributed by atoms with E-state index in [0.717, 1.165) is 24.3 Å². The van der Waals surface area contributed by atoms with Gasteiger partial charge < -0.3 is 9.64 Å². The van der Waals surface area contributed by atoms with E-state index in [4.69, 9.17) is 16.3 Å². The molecule has 1 saturated heterocycles. The van der Waals surface area contributed by atoms with Crippen molar-refractivity contribution in [2.75, 3.05) is 31.2 Å². The van der Waals surface area contributed by atoms with Crippen molar-refractivity contribution in [3.63, 3.8) is 0 Å². The van der Waals surface area contributed by atoms with Gasteiger partial charge in [-0.1, -0.05) is 17.7 Å². The maximum absolute atomic E-state index is 12.2. The molecule has 0 unspecified atom stereocenters. The van der Waals surface area contributed by atoms with Gasteiger partial charge in [0.25, 0.3) is 5.56 Å².